The van der Waals surface area contributed by atoms with Gasteiger partial charge in [-0.2, -0.15) is 0 Å². The van der Waals surface area contributed by atoms with Crippen molar-refractivity contribution in [2.45, 2.75) is 10.2 Å². The van der Waals surface area contributed by atoms with Crippen LogP contribution in [0, 0.1) is 5.82 Å². The van der Waals surface area contributed by atoms with Crippen LogP contribution in [0.5, 0.6) is 0 Å². The van der Waals surface area contributed by atoms with Gasteiger partial charge in [-0.3, -0.25) is 0 Å². The average Bonchev–Trinajstić information content (AvgIpc) is 2.57. The number of aryl methyl sites for hydroxylation is 1. The molecule has 0 aliphatic carbocycles. The molecule has 0 saturated heterocycles. The van der Waals surface area contributed by atoms with E-state index >= 15 is 0 Å². The van der Waals surface area contributed by atoms with Crippen LogP contribution in [0.2, 0.25) is 5.02 Å². The van der Waals surface area contributed by atoms with Crippen molar-refractivity contribution in [3.05, 3.63) is 29.4 Å². The van der Waals surface area contributed by atoms with Gasteiger partial charge in [0.05, 0.1) is 5.02 Å². The lowest BCUT2D eigenvalue weighted by Gasteiger charge is -2.00. The van der Waals surface area contributed by atoms with Gasteiger partial charge in [0.2, 0.25) is 0 Å². The SMILES string of the molecule is Cn1cnnc1Sc1ncc(Cl)cc1F. The van der Waals surface area contributed by atoms with E-state index in [1.165, 1.54) is 18.6 Å². The van der Waals surface area contributed by atoms with Crippen LogP contribution in [0.25, 0.3) is 0 Å². The molecule has 2 heterocycles. The number of halogens is 2. The molecule has 2 aromatic heterocycles. The minimum absolute atomic E-state index is 0.232. The second kappa shape index (κ2) is 4.16. The normalized spacial score (nSPS) is 10.6. The van der Waals surface area contributed by atoms with E-state index in [-0.39, 0.29) is 10.0 Å². The number of nitrogens with zero attached hydrogens (tertiary/aromatic N) is 4. The van der Waals surface area contributed by atoms with Gasteiger partial charge in [-0.25, -0.2) is 9.37 Å². The van der Waals surface area contributed by atoms with Gasteiger partial charge >= 0.3 is 0 Å². The predicted octanol–water partition coefficient (Wildman–Crippen LogP) is 2.15. The smallest absolute Gasteiger partial charge is 0.197 e. The van der Waals surface area contributed by atoms with E-state index in [9.17, 15) is 4.39 Å². The van der Waals surface area contributed by atoms with Crippen molar-refractivity contribution < 1.29 is 4.39 Å². The molecule has 0 atom stereocenters. The highest BCUT2D eigenvalue weighted by atomic mass is 35.5. The van der Waals surface area contributed by atoms with Gasteiger partial charge in [-0.15, -0.1) is 10.2 Å². The van der Waals surface area contributed by atoms with Crippen molar-refractivity contribution in [3.63, 3.8) is 0 Å². The fourth-order valence-electron chi connectivity index (χ4n) is 0.929. The minimum atomic E-state index is -0.462. The molecular formula is C8H6ClFN4S. The summed E-state index contributed by atoms with van der Waals surface area (Å²) in [5.41, 5.74) is 0. The lowest BCUT2D eigenvalue weighted by molar-refractivity contribution is 0.587. The highest BCUT2D eigenvalue weighted by molar-refractivity contribution is 7.99. The van der Waals surface area contributed by atoms with Crippen LogP contribution in [0.1, 0.15) is 0 Å². The Kier molecular flexibility index (Phi) is 2.88. The van der Waals surface area contributed by atoms with E-state index in [2.05, 4.69) is 15.2 Å². The van der Waals surface area contributed by atoms with E-state index in [0.717, 1.165) is 11.8 Å². The first-order valence-electron chi connectivity index (χ1n) is 3.99. The van der Waals surface area contributed by atoms with Crippen LogP contribution in [-0.4, -0.2) is 19.7 Å². The molecule has 0 aliphatic heterocycles. The largest absolute Gasteiger partial charge is 0.311 e. The zero-order chi connectivity index (χ0) is 10.8. The van der Waals surface area contributed by atoms with Crippen molar-refractivity contribution in [3.8, 4) is 0 Å². The van der Waals surface area contributed by atoms with E-state index in [1.54, 1.807) is 11.6 Å². The summed E-state index contributed by atoms with van der Waals surface area (Å²) in [5, 5.41) is 8.57. The molecule has 0 aromatic carbocycles. The maximum absolute atomic E-state index is 13.3. The highest BCUT2D eigenvalue weighted by Crippen LogP contribution is 2.26. The van der Waals surface area contributed by atoms with E-state index in [0.29, 0.717) is 5.16 Å². The Morgan fingerprint density at radius 2 is 2.33 bits per heavy atom. The third-order valence-corrected chi connectivity index (χ3v) is 2.88. The molecule has 0 N–H and O–H groups in total. The van der Waals surface area contributed by atoms with Crippen molar-refractivity contribution in [1.29, 1.82) is 0 Å². The molecular weight excluding hydrogens is 239 g/mol. The first-order chi connectivity index (χ1) is 7.16. The van der Waals surface area contributed by atoms with E-state index in [4.69, 9.17) is 11.6 Å². The first kappa shape index (κ1) is 10.4. The van der Waals surface area contributed by atoms with Crippen LogP contribution >= 0.6 is 23.4 Å². The van der Waals surface area contributed by atoms with Crippen molar-refractivity contribution in [2.24, 2.45) is 7.05 Å². The Labute approximate surface area is 94.5 Å². The summed E-state index contributed by atoms with van der Waals surface area (Å²) in [5.74, 6) is -0.462. The molecule has 4 nitrogen and oxygen atoms in total. The van der Waals surface area contributed by atoms with E-state index in [1.807, 2.05) is 0 Å². The Morgan fingerprint density at radius 3 is 2.93 bits per heavy atom. The van der Waals surface area contributed by atoms with Gasteiger partial charge in [0, 0.05) is 13.2 Å². The zero-order valence-corrected chi connectivity index (χ0v) is 9.26. The van der Waals surface area contributed by atoms with Gasteiger partial charge in [0.15, 0.2) is 11.0 Å². The molecule has 7 heteroatoms. The monoisotopic (exact) mass is 244 g/mol. The molecule has 0 radical (unpaired) electrons. The average molecular weight is 245 g/mol. The molecule has 2 aromatic rings. The van der Waals surface area contributed by atoms with Gasteiger partial charge in [-0.05, 0) is 17.8 Å². The summed E-state index contributed by atoms with van der Waals surface area (Å²) in [4.78, 5) is 3.87. The predicted molar refractivity (Wildman–Crippen MR) is 54.3 cm³/mol. The standard InChI is InChI=1S/C8H6ClFN4S/c1-14-4-12-13-8(14)15-7-6(10)2-5(9)3-11-7/h2-4H,1H3. The van der Waals surface area contributed by atoms with Crippen molar-refractivity contribution >= 4 is 23.4 Å². The second-order valence-corrected chi connectivity index (χ2v) is 4.16. The second-order valence-electron chi connectivity index (χ2n) is 2.77. The summed E-state index contributed by atoms with van der Waals surface area (Å²) < 4.78 is 15.0. The summed E-state index contributed by atoms with van der Waals surface area (Å²) in [7, 11) is 1.77. The maximum Gasteiger partial charge on any atom is 0.197 e. The lowest BCUT2D eigenvalue weighted by Crippen LogP contribution is -1.92. The summed E-state index contributed by atoms with van der Waals surface area (Å²) in [6.07, 6.45) is 2.93. The van der Waals surface area contributed by atoms with Crippen LogP contribution in [0.4, 0.5) is 4.39 Å². The molecule has 0 saturated carbocycles. The highest BCUT2D eigenvalue weighted by Gasteiger charge is 2.10. The molecule has 15 heavy (non-hydrogen) atoms. The summed E-state index contributed by atoms with van der Waals surface area (Å²) in [6.45, 7) is 0. The molecule has 0 amide bonds. The quantitative estimate of drug-likeness (QED) is 0.812. The van der Waals surface area contributed by atoms with Crippen LogP contribution in [0.15, 0.2) is 28.8 Å². The number of hydrogen-bond donors (Lipinski definition) is 0. The van der Waals surface area contributed by atoms with E-state index < -0.39 is 5.82 Å². The fraction of sp³-hybridized carbons (Fsp3) is 0.125. The minimum Gasteiger partial charge on any atom is -0.311 e. The lowest BCUT2D eigenvalue weighted by atomic mass is 10.5. The summed E-state index contributed by atoms with van der Waals surface area (Å²) >= 11 is 6.69. The number of hydrogen-bond acceptors (Lipinski definition) is 4. The third-order valence-electron chi connectivity index (χ3n) is 1.63. The van der Waals surface area contributed by atoms with Crippen LogP contribution in [-0.2, 0) is 7.05 Å². The molecule has 2 rings (SSSR count). The van der Waals surface area contributed by atoms with Gasteiger partial charge < -0.3 is 4.57 Å². The third kappa shape index (κ3) is 2.27. The van der Waals surface area contributed by atoms with Crippen LogP contribution < -0.4 is 0 Å². The topological polar surface area (TPSA) is 43.6 Å². The van der Waals surface area contributed by atoms with Crippen LogP contribution in [0.3, 0.4) is 0 Å². The molecule has 0 spiro atoms. The molecule has 0 unspecified atom stereocenters. The van der Waals surface area contributed by atoms with Gasteiger partial charge in [0.1, 0.15) is 11.4 Å². The number of rotatable bonds is 2. The number of aromatic nitrogens is 4. The Balaban J connectivity index is 2.29. The Bertz CT molecular complexity index is 487. The molecule has 78 valence electrons. The van der Waals surface area contributed by atoms with Crippen molar-refractivity contribution in [2.75, 3.05) is 0 Å². The molecule has 0 fully saturated rings. The molecule has 0 bridgehead atoms. The fourth-order valence-corrected chi connectivity index (χ4v) is 1.79. The van der Waals surface area contributed by atoms with Gasteiger partial charge in [0.25, 0.3) is 0 Å². The first-order valence-corrected chi connectivity index (χ1v) is 5.19. The zero-order valence-electron chi connectivity index (χ0n) is 7.69. The molecule has 0 aliphatic rings. The summed E-state index contributed by atoms with van der Waals surface area (Å²) in [6, 6.07) is 1.22. The van der Waals surface area contributed by atoms with Gasteiger partial charge in [-0.1, -0.05) is 11.6 Å². The number of pyridine rings is 1. The Morgan fingerprint density at radius 1 is 1.53 bits per heavy atom. The Hall–Kier alpha value is -1.14. The maximum atomic E-state index is 13.3. The van der Waals surface area contributed by atoms with Crippen molar-refractivity contribution in [1.82, 2.24) is 19.7 Å².